The topological polar surface area (TPSA) is 92.5 Å². The first-order valence-corrected chi connectivity index (χ1v) is 8.22. The molecule has 1 unspecified atom stereocenters. The first-order valence-electron chi connectivity index (χ1n) is 6.78. The molecular weight excluding hydrogens is 290 g/mol. The van der Waals surface area contributed by atoms with Crippen LogP contribution in [0.5, 0.6) is 0 Å². The van der Waals surface area contributed by atoms with Crippen LogP contribution in [0.15, 0.2) is 29.2 Å². The minimum Gasteiger partial charge on any atom is -0.324 e. The van der Waals surface area contributed by atoms with Gasteiger partial charge in [0.05, 0.1) is 10.4 Å². The Morgan fingerprint density at radius 3 is 2.52 bits per heavy atom. The molecule has 0 bridgehead atoms. The van der Waals surface area contributed by atoms with E-state index in [1.165, 1.54) is 26.2 Å². The summed E-state index contributed by atoms with van der Waals surface area (Å²) in [5, 5.41) is 2.71. The van der Waals surface area contributed by atoms with Crippen molar-refractivity contribution in [3.63, 3.8) is 0 Å². The Bertz CT molecular complexity index is 649. The van der Waals surface area contributed by atoms with Crippen LogP contribution in [0.25, 0.3) is 0 Å². The number of amides is 1. The van der Waals surface area contributed by atoms with Crippen LogP contribution in [0.2, 0.25) is 0 Å². The van der Waals surface area contributed by atoms with Crippen LogP contribution in [0.1, 0.15) is 19.8 Å². The van der Waals surface area contributed by atoms with Crippen molar-refractivity contribution in [2.24, 2.45) is 11.7 Å². The maximum atomic E-state index is 12.2. The average molecular weight is 311 g/mol. The number of anilines is 1. The highest BCUT2D eigenvalue weighted by atomic mass is 32.2. The molecule has 0 heterocycles. The van der Waals surface area contributed by atoms with E-state index in [2.05, 4.69) is 5.32 Å². The van der Waals surface area contributed by atoms with Gasteiger partial charge >= 0.3 is 0 Å². The minimum atomic E-state index is -3.52. The highest BCUT2D eigenvalue weighted by molar-refractivity contribution is 7.89. The van der Waals surface area contributed by atoms with E-state index in [4.69, 9.17) is 5.73 Å². The molecule has 116 valence electrons. The number of rotatable bonds is 5. The summed E-state index contributed by atoms with van der Waals surface area (Å²) in [6.07, 6.45) is 1.91. The molecule has 0 saturated heterocycles. The molecule has 1 saturated carbocycles. The fraction of sp³-hybridized carbons (Fsp3) is 0.500. The second-order valence-corrected chi connectivity index (χ2v) is 7.98. The molecule has 0 aliphatic heterocycles. The summed E-state index contributed by atoms with van der Waals surface area (Å²) in [6.45, 7) is 1.71. The molecule has 1 aliphatic carbocycles. The van der Waals surface area contributed by atoms with Gasteiger partial charge in [0.2, 0.25) is 15.9 Å². The number of carbonyl (C=O) groups is 1. The van der Waals surface area contributed by atoms with Crippen molar-refractivity contribution in [2.75, 3.05) is 19.4 Å². The number of hydrogen-bond acceptors (Lipinski definition) is 4. The quantitative estimate of drug-likeness (QED) is 0.848. The fourth-order valence-electron chi connectivity index (χ4n) is 2.08. The number of benzene rings is 1. The van der Waals surface area contributed by atoms with E-state index >= 15 is 0 Å². The summed E-state index contributed by atoms with van der Waals surface area (Å²) in [6, 6.07) is 6.18. The van der Waals surface area contributed by atoms with Crippen LogP contribution < -0.4 is 11.1 Å². The summed E-state index contributed by atoms with van der Waals surface area (Å²) < 4.78 is 25.3. The van der Waals surface area contributed by atoms with Crippen molar-refractivity contribution < 1.29 is 13.2 Å². The van der Waals surface area contributed by atoms with Gasteiger partial charge in [-0.15, -0.1) is 0 Å². The number of nitrogens with two attached hydrogens (primary N) is 1. The van der Waals surface area contributed by atoms with Gasteiger partial charge in [-0.05, 0) is 43.9 Å². The molecule has 3 N–H and O–H groups in total. The lowest BCUT2D eigenvalue weighted by Crippen LogP contribution is -2.50. The van der Waals surface area contributed by atoms with E-state index in [9.17, 15) is 13.2 Å². The van der Waals surface area contributed by atoms with Gasteiger partial charge in [0, 0.05) is 19.8 Å². The van der Waals surface area contributed by atoms with Gasteiger partial charge in [0.1, 0.15) is 0 Å². The Kier molecular flexibility index (Phi) is 4.10. The molecule has 0 spiro atoms. The maximum Gasteiger partial charge on any atom is 0.244 e. The number of nitrogens with one attached hydrogen (secondary N) is 1. The lowest BCUT2D eigenvalue weighted by Gasteiger charge is -2.23. The molecule has 0 aromatic heterocycles. The van der Waals surface area contributed by atoms with Gasteiger partial charge in [-0.2, -0.15) is 0 Å². The van der Waals surface area contributed by atoms with E-state index in [0.29, 0.717) is 5.69 Å². The minimum absolute atomic E-state index is 0.135. The number of nitrogens with zero attached hydrogens (tertiary/aromatic N) is 1. The summed E-state index contributed by atoms with van der Waals surface area (Å²) in [4.78, 5) is 12.3. The lowest BCUT2D eigenvalue weighted by atomic mass is 9.96. The van der Waals surface area contributed by atoms with E-state index in [-0.39, 0.29) is 16.7 Å². The van der Waals surface area contributed by atoms with Crippen LogP contribution in [-0.2, 0) is 14.8 Å². The zero-order valence-corrected chi connectivity index (χ0v) is 13.3. The number of carbonyl (C=O) groups excluding carboxylic acids is 1. The van der Waals surface area contributed by atoms with Gasteiger partial charge in [0.15, 0.2) is 0 Å². The summed E-state index contributed by atoms with van der Waals surface area (Å²) >= 11 is 0. The molecule has 0 radical (unpaired) electrons. The molecule has 1 aromatic rings. The molecule has 6 nitrogen and oxygen atoms in total. The second-order valence-electron chi connectivity index (χ2n) is 5.83. The van der Waals surface area contributed by atoms with Crippen LogP contribution in [0.4, 0.5) is 5.69 Å². The SMILES string of the molecule is CN(C)S(=O)(=O)c1cccc(NC(=O)C(C)(N)C2CC2)c1. The van der Waals surface area contributed by atoms with Crippen molar-refractivity contribution in [3.8, 4) is 0 Å². The molecule has 7 heteroatoms. The standard InChI is InChI=1S/C14H21N3O3S/c1-14(15,10-7-8-10)13(18)16-11-5-4-6-12(9-11)21(19,20)17(2)3/h4-6,9-10H,7-8,15H2,1-3H3,(H,16,18). The third-order valence-corrected chi connectivity index (χ3v) is 5.60. The van der Waals surface area contributed by atoms with Gasteiger partial charge < -0.3 is 11.1 Å². The first-order chi connectivity index (χ1) is 9.65. The molecule has 1 aromatic carbocycles. The zero-order valence-electron chi connectivity index (χ0n) is 12.5. The van der Waals surface area contributed by atoms with E-state index < -0.39 is 15.6 Å². The van der Waals surface area contributed by atoms with Crippen LogP contribution in [0.3, 0.4) is 0 Å². The third-order valence-electron chi connectivity index (χ3n) is 3.79. The van der Waals surface area contributed by atoms with Crippen molar-refractivity contribution in [1.82, 2.24) is 4.31 Å². The van der Waals surface area contributed by atoms with Gasteiger partial charge in [0.25, 0.3) is 0 Å². The highest BCUT2D eigenvalue weighted by Crippen LogP contribution is 2.38. The van der Waals surface area contributed by atoms with Crippen molar-refractivity contribution in [1.29, 1.82) is 0 Å². The Morgan fingerprint density at radius 2 is 2.00 bits per heavy atom. The Morgan fingerprint density at radius 1 is 1.38 bits per heavy atom. The second kappa shape index (κ2) is 5.40. The Hall–Kier alpha value is -1.44. The normalized spacial score (nSPS) is 18.3. The van der Waals surface area contributed by atoms with Gasteiger partial charge in [-0.25, -0.2) is 12.7 Å². The monoisotopic (exact) mass is 311 g/mol. The zero-order chi connectivity index (χ0) is 15.8. The number of hydrogen-bond donors (Lipinski definition) is 2. The largest absolute Gasteiger partial charge is 0.324 e. The predicted molar refractivity (Wildman–Crippen MR) is 81.3 cm³/mol. The smallest absolute Gasteiger partial charge is 0.244 e. The van der Waals surface area contributed by atoms with Crippen LogP contribution in [-0.4, -0.2) is 38.3 Å². The molecule has 1 aliphatic rings. The van der Waals surface area contributed by atoms with Crippen molar-refractivity contribution in [2.45, 2.75) is 30.2 Å². The molecule has 21 heavy (non-hydrogen) atoms. The van der Waals surface area contributed by atoms with E-state index in [1.807, 2.05) is 0 Å². The van der Waals surface area contributed by atoms with Crippen LogP contribution in [0, 0.1) is 5.92 Å². The van der Waals surface area contributed by atoms with Crippen molar-refractivity contribution in [3.05, 3.63) is 24.3 Å². The molecular formula is C14H21N3O3S. The van der Waals surface area contributed by atoms with Gasteiger partial charge in [-0.1, -0.05) is 6.07 Å². The summed E-state index contributed by atoms with van der Waals surface area (Å²) in [5.41, 5.74) is 5.56. The van der Waals surface area contributed by atoms with Crippen LogP contribution >= 0.6 is 0 Å². The predicted octanol–water partition coefficient (Wildman–Crippen LogP) is 1.00. The van der Waals surface area contributed by atoms with E-state index in [1.54, 1.807) is 19.1 Å². The fourth-order valence-corrected chi connectivity index (χ4v) is 3.03. The lowest BCUT2D eigenvalue weighted by molar-refractivity contribution is -0.121. The average Bonchev–Trinajstić information content (AvgIpc) is 3.23. The Balaban J connectivity index is 2.21. The molecule has 2 rings (SSSR count). The molecule has 1 fully saturated rings. The van der Waals surface area contributed by atoms with E-state index in [0.717, 1.165) is 17.1 Å². The highest BCUT2D eigenvalue weighted by Gasteiger charge is 2.44. The first kappa shape index (κ1) is 15.9. The molecule has 1 atom stereocenters. The summed E-state index contributed by atoms with van der Waals surface area (Å²) in [7, 11) is -0.598. The summed E-state index contributed by atoms with van der Waals surface area (Å²) in [5.74, 6) is -0.0874. The maximum absolute atomic E-state index is 12.2. The number of sulfonamides is 1. The Labute approximate surface area is 125 Å². The van der Waals surface area contributed by atoms with Crippen molar-refractivity contribution >= 4 is 21.6 Å². The molecule has 1 amide bonds. The van der Waals surface area contributed by atoms with Gasteiger partial charge in [-0.3, -0.25) is 4.79 Å². The third kappa shape index (κ3) is 3.25.